The minimum atomic E-state index is 0.500. The molecule has 18 heavy (non-hydrogen) atoms. The summed E-state index contributed by atoms with van der Waals surface area (Å²) in [7, 11) is 0. The lowest BCUT2D eigenvalue weighted by atomic mass is 9.98. The largest absolute Gasteiger partial charge is 0.382 e. The van der Waals surface area contributed by atoms with Crippen LogP contribution in [0, 0.1) is 6.92 Å². The zero-order valence-corrected chi connectivity index (χ0v) is 9.94. The van der Waals surface area contributed by atoms with Crippen LogP contribution in [-0.2, 0) is 0 Å². The van der Waals surface area contributed by atoms with Gasteiger partial charge in [-0.2, -0.15) is 10.2 Å². The van der Waals surface area contributed by atoms with E-state index in [0.29, 0.717) is 5.82 Å². The van der Waals surface area contributed by atoms with Crippen molar-refractivity contribution in [2.45, 2.75) is 6.92 Å². The lowest BCUT2D eigenvalue weighted by Gasteiger charge is -2.06. The van der Waals surface area contributed by atoms with Crippen molar-refractivity contribution in [3.63, 3.8) is 0 Å². The zero-order chi connectivity index (χ0) is 12.5. The molecule has 0 aliphatic carbocycles. The summed E-state index contributed by atoms with van der Waals surface area (Å²) in [5, 5.41) is 13.8. The topological polar surface area (TPSA) is 83.4 Å². The van der Waals surface area contributed by atoms with Crippen molar-refractivity contribution in [2.24, 2.45) is 0 Å². The molecule has 0 amide bonds. The Morgan fingerprint density at radius 1 is 1.22 bits per heavy atom. The van der Waals surface area contributed by atoms with Gasteiger partial charge in [0.25, 0.3) is 0 Å². The molecule has 5 heteroatoms. The second-order valence-corrected chi connectivity index (χ2v) is 4.16. The highest BCUT2D eigenvalue weighted by molar-refractivity contribution is 5.88. The summed E-state index contributed by atoms with van der Waals surface area (Å²) in [6, 6.07) is 8.10. The number of aryl methyl sites for hydroxylation is 1. The number of aromatic amines is 2. The fourth-order valence-electron chi connectivity index (χ4n) is 2.08. The van der Waals surface area contributed by atoms with E-state index >= 15 is 0 Å². The minimum Gasteiger partial charge on any atom is -0.382 e. The molecule has 2 aromatic heterocycles. The Morgan fingerprint density at radius 2 is 2.06 bits per heavy atom. The van der Waals surface area contributed by atoms with Crippen LogP contribution < -0.4 is 5.73 Å². The molecule has 3 aromatic rings. The van der Waals surface area contributed by atoms with Gasteiger partial charge in [-0.1, -0.05) is 24.3 Å². The minimum absolute atomic E-state index is 0.500. The monoisotopic (exact) mass is 239 g/mol. The van der Waals surface area contributed by atoms with Gasteiger partial charge in [0.2, 0.25) is 0 Å². The van der Waals surface area contributed by atoms with Crippen LogP contribution in [0.5, 0.6) is 0 Å². The van der Waals surface area contributed by atoms with Gasteiger partial charge >= 0.3 is 0 Å². The molecule has 0 radical (unpaired) electrons. The zero-order valence-electron chi connectivity index (χ0n) is 9.94. The number of nitrogen functional groups attached to an aromatic ring is 1. The number of nitrogens with zero attached hydrogens (tertiary/aromatic N) is 2. The van der Waals surface area contributed by atoms with Crippen LogP contribution in [0.1, 0.15) is 5.56 Å². The third kappa shape index (κ3) is 1.57. The average molecular weight is 239 g/mol. The van der Waals surface area contributed by atoms with E-state index in [-0.39, 0.29) is 0 Å². The van der Waals surface area contributed by atoms with Crippen molar-refractivity contribution >= 4 is 5.82 Å². The van der Waals surface area contributed by atoms with E-state index in [9.17, 15) is 0 Å². The summed E-state index contributed by atoms with van der Waals surface area (Å²) >= 11 is 0. The highest BCUT2D eigenvalue weighted by atomic mass is 15.2. The van der Waals surface area contributed by atoms with E-state index in [1.807, 2.05) is 24.4 Å². The molecule has 0 atom stereocenters. The fourth-order valence-corrected chi connectivity index (χ4v) is 2.08. The lowest BCUT2D eigenvalue weighted by molar-refractivity contribution is 1.09. The molecule has 0 fully saturated rings. The first-order valence-corrected chi connectivity index (χ1v) is 5.66. The maximum absolute atomic E-state index is 5.98. The molecule has 0 aliphatic rings. The molecule has 4 N–H and O–H groups in total. The molecule has 3 rings (SSSR count). The van der Waals surface area contributed by atoms with Crippen molar-refractivity contribution in [2.75, 3.05) is 5.73 Å². The van der Waals surface area contributed by atoms with Gasteiger partial charge in [-0.25, -0.2) is 0 Å². The Bertz CT molecular complexity index is 667. The third-order valence-corrected chi connectivity index (χ3v) is 3.00. The summed E-state index contributed by atoms with van der Waals surface area (Å²) < 4.78 is 0. The number of anilines is 1. The molecule has 0 spiro atoms. The van der Waals surface area contributed by atoms with Crippen molar-refractivity contribution in [3.8, 4) is 22.4 Å². The molecule has 0 saturated heterocycles. The number of H-pyrrole nitrogens is 2. The van der Waals surface area contributed by atoms with Gasteiger partial charge in [-0.3, -0.25) is 10.2 Å². The Morgan fingerprint density at radius 3 is 2.78 bits per heavy atom. The molecule has 90 valence electrons. The first-order chi connectivity index (χ1) is 8.77. The average Bonchev–Trinajstić information content (AvgIpc) is 2.99. The lowest BCUT2D eigenvalue weighted by Crippen LogP contribution is -1.90. The summed E-state index contributed by atoms with van der Waals surface area (Å²) in [5.41, 5.74) is 11.0. The maximum atomic E-state index is 5.98. The second kappa shape index (κ2) is 4.03. The summed E-state index contributed by atoms with van der Waals surface area (Å²) in [5.74, 6) is 0.500. The van der Waals surface area contributed by atoms with Crippen LogP contribution in [0.4, 0.5) is 5.82 Å². The summed E-state index contributed by atoms with van der Waals surface area (Å²) in [6.07, 6.45) is 3.56. The molecule has 5 nitrogen and oxygen atoms in total. The number of benzene rings is 1. The maximum Gasteiger partial charge on any atom is 0.153 e. The SMILES string of the molecule is Cc1ccccc1-c1c(N)n[nH]c1-c1cn[nH]c1. The number of hydrogen-bond acceptors (Lipinski definition) is 3. The first kappa shape index (κ1) is 10.6. The predicted octanol–water partition coefficient (Wildman–Crippen LogP) is 2.36. The van der Waals surface area contributed by atoms with Gasteiger partial charge in [0.1, 0.15) is 0 Å². The number of nitrogens with two attached hydrogens (primary N) is 1. The molecule has 0 unspecified atom stereocenters. The molecule has 1 aromatic carbocycles. The van der Waals surface area contributed by atoms with E-state index < -0.39 is 0 Å². The van der Waals surface area contributed by atoms with Crippen molar-refractivity contribution in [1.82, 2.24) is 20.4 Å². The van der Waals surface area contributed by atoms with Crippen LogP contribution in [0.3, 0.4) is 0 Å². The highest BCUT2D eigenvalue weighted by Gasteiger charge is 2.16. The first-order valence-electron chi connectivity index (χ1n) is 5.66. The second-order valence-electron chi connectivity index (χ2n) is 4.16. The van der Waals surface area contributed by atoms with Crippen LogP contribution in [0.2, 0.25) is 0 Å². The predicted molar refractivity (Wildman–Crippen MR) is 70.8 cm³/mol. The van der Waals surface area contributed by atoms with Gasteiger partial charge in [-0.05, 0) is 18.1 Å². The van der Waals surface area contributed by atoms with Gasteiger partial charge in [0.15, 0.2) is 5.82 Å². The number of rotatable bonds is 2. The van der Waals surface area contributed by atoms with Crippen LogP contribution in [-0.4, -0.2) is 20.4 Å². The van der Waals surface area contributed by atoms with E-state index in [2.05, 4.69) is 33.4 Å². The number of nitrogens with one attached hydrogen (secondary N) is 2. The van der Waals surface area contributed by atoms with E-state index in [1.165, 1.54) is 0 Å². The molecule has 0 aliphatic heterocycles. The summed E-state index contributed by atoms with van der Waals surface area (Å²) in [6.45, 7) is 2.06. The Kier molecular flexibility index (Phi) is 2.37. The van der Waals surface area contributed by atoms with Crippen LogP contribution >= 0.6 is 0 Å². The van der Waals surface area contributed by atoms with Crippen LogP contribution in [0.15, 0.2) is 36.7 Å². The molecular formula is C13H13N5. The number of aromatic nitrogens is 4. The quantitative estimate of drug-likeness (QED) is 0.642. The standard InChI is InChI=1S/C13H13N5/c1-8-4-2-3-5-10(8)11-12(17-18-13(11)14)9-6-15-16-7-9/h2-7H,1H3,(H,15,16)(H3,14,17,18). The van der Waals surface area contributed by atoms with E-state index in [4.69, 9.17) is 5.73 Å². The third-order valence-electron chi connectivity index (χ3n) is 3.00. The number of hydrogen-bond donors (Lipinski definition) is 3. The molecule has 2 heterocycles. The summed E-state index contributed by atoms with van der Waals surface area (Å²) in [4.78, 5) is 0. The van der Waals surface area contributed by atoms with E-state index in [0.717, 1.165) is 27.9 Å². The molecular weight excluding hydrogens is 226 g/mol. The van der Waals surface area contributed by atoms with Gasteiger partial charge in [-0.15, -0.1) is 0 Å². The molecule has 0 saturated carbocycles. The Balaban J connectivity index is 2.24. The smallest absolute Gasteiger partial charge is 0.153 e. The van der Waals surface area contributed by atoms with Gasteiger partial charge in [0.05, 0.1) is 17.5 Å². The van der Waals surface area contributed by atoms with Crippen molar-refractivity contribution in [3.05, 3.63) is 42.2 Å². The van der Waals surface area contributed by atoms with Gasteiger partial charge < -0.3 is 5.73 Å². The fraction of sp³-hybridized carbons (Fsp3) is 0.0769. The van der Waals surface area contributed by atoms with E-state index in [1.54, 1.807) is 6.20 Å². The van der Waals surface area contributed by atoms with Crippen molar-refractivity contribution < 1.29 is 0 Å². The van der Waals surface area contributed by atoms with Gasteiger partial charge in [0, 0.05) is 11.8 Å². The molecule has 0 bridgehead atoms. The normalized spacial score (nSPS) is 10.7. The Labute approximate surface area is 104 Å². The highest BCUT2D eigenvalue weighted by Crippen LogP contribution is 2.35. The Hall–Kier alpha value is -2.56. The van der Waals surface area contributed by atoms with Crippen molar-refractivity contribution in [1.29, 1.82) is 0 Å². The van der Waals surface area contributed by atoms with Crippen LogP contribution in [0.25, 0.3) is 22.4 Å².